The van der Waals surface area contributed by atoms with Crippen molar-refractivity contribution in [3.05, 3.63) is 53.9 Å². The van der Waals surface area contributed by atoms with Crippen LogP contribution in [0.4, 0.5) is 5.69 Å². The first-order valence-corrected chi connectivity index (χ1v) is 8.24. The molecule has 0 aliphatic rings. The van der Waals surface area contributed by atoms with E-state index in [1.165, 1.54) is 11.1 Å². The van der Waals surface area contributed by atoms with Gasteiger partial charge >= 0.3 is 0 Å². The second-order valence-corrected chi connectivity index (χ2v) is 5.83. The van der Waals surface area contributed by atoms with Crippen LogP contribution in [0.15, 0.2) is 42.7 Å². The Hall–Kier alpha value is -2.01. The fraction of sp³-hybridized carbons (Fsp3) is 0.250. The molecule has 0 amide bonds. The second-order valence-electron chi connectivity index (χ2n) is 4.97. The zero-order valence-corrected chi connectivity index (χ0v) is 13.0. The molecular formula is C16H18N4S. The molecule has 2 aromatic heterocycles. The van der Waals surface area contributed by atoms with Gasteiger partial charge in [0, 0.05) is 31.2 Å². The summed E-state index contributed by atoms with van der Waals surface area (Å²) < 4.78 is 1.79. The molecule has 3 rings (SSSR count). The molecule has 1 aromatic carbocycles. The Morgan fingerprint density at radius 3 is 2.67 bits per heavy atom. The number of aryl methyl sites for hydroxylation is 1. The molecule has 2 heterocycles. The van der Waals surface area contributed by atoms with Crippen LogP contribution >= 0.6 is 11.8 Å². The maximum atomic E-state index is 4.35. The molecule has 0 aliphatic heterocycles. The van der Waals surface area contributed by atoms with Gasteiger partial charge in [-0.1, -0.05) is 24.3 Å². The number of benzene rings is 1. The van der Waals surface area contributed by atoms with Crippen LogP contribution in [0.1, 0.15) is 11.1 Å². The largest absolute Gasteiger partial charge is 0.380 e. The minimum atomic E-state index is 0.799. The van der Waals surface area contributed by atoms with Crippen LogP contribution in [-0.2, 0) is 19.3 Å². The van der Waals surface area contributed by atoms with Gasteiger partial charge in [-0.15, -0.1) is 0 Å². The molecule has 0 radical (unpaired) electrons. The zero-order valence-electron chi connectivity index (χ0n) is 12.2. The van der Waals surface area contributed by atoms with Crippen LogP contribution in [0, 0.1) is 0 Å². The summed E-state index contributed by atoms with van der Waals surface area (Å²) in [7, 11) is 1.91. The van der Waals surface area contributed by atoms with E-state index in [4.69, 9.17) is 0 Å². The maximum Gasteiger partial charge on any atom is 0.159 e. The minimum absolute atomic E-state index is 0.799. The Balaban J connectivity index is 1.74. The van der Waals surface area contributed by atoms with Crippen molar-refractivity contribution >= 4 is 28.5 Å². The second kappa shape index (κ2) is 6.18. The van der Waals surface area contributed by atoms with Crippen molar-refractivity contribution in [2.45, 2.75) is 12.3 Å². The van der Waals surface area contributed by atoms with Crippen molar-refractivity contribution in [1.29, 1.82) is 0 Å². The molecule has 5 heteroatoms. The first-order valence-electron chi connectivity index (χ1n) is 6.85. The molecule has 0 spiro atoms. The van der Waals surface area contributed by atoms with Crippen molar-refractivity contribution < 1.29 is 0 Å². The van der Waals surface area contributed by atoms with E-state index in [0.717, 1.165) is 29.0 Å². The third kappa shape index (κ3) is 3.03. The molecule has 4 nitrogen and oxygen atoms in total. The van der Waals surface area contributed by atoms with Crippen LogP contribution in [0.3, 0.4) is 0 Å². The number of pyridine rings is 1. The molecule has 0 saturated heterocycles. The summed E-state index contributed by atoms with van der Waals surface area (Å²) in [5.41, 5.74) is 4.61. The number of nitrogens with one attached hydrogen (secondary N) is 1. The van der Waals surface area contributed by atoms with E-state index in [9.17, 15) is 0 Å². The van der Waals surface area contributed by atoms with Crippen molar-refractivity contribution in [3.63, 3.8) is 0 Å². The zero-order chi connectivity index (χ0) is 14.7. The number of rotatable bonds is 5. The fourth-order valence-electron chi connectivity index (χ4n) is 2.32. The highest BCUT2D eigenvalue weighted by Gasteiger charge is 2.05. The molecule has 0 bridgehead atoms. The number of hydrogen-bond donors (Lipinski definition) is 1. The van der Waals surface area contributed by atoms with Crippen molar-refractivity contribution in [2.24, 2.45) is 7.05 Å². The number of fused-ring (bicyclic) bond motifs is 1. The molecule has 0 saturated carbocycles. The number of hydrogen-bond acceptors (Lipinski definition) is 4. The number of aromatic nitrogens is 3. The van der Waals surface area contributed by atoms with E-state index in [0.29, 0.717) is 0 Å². The van der Waals surface area contributed by atoms with Gasteiger partial charge in [-0.25, -0.2) is 4.98 Å². The average Bonchev–Trinajstić information content (AvgIpc) is 2.89. The lowest BCUT2D eigenvalue weighted by Crippen LogP contribution is -2.00. The molecule has 3 aromatic rings. The molecule has 0 unspecified atom stereocenters. The van der Waals surface area contributed by atoms with E-state index in [-0.39, 0.29) is 0 Å². The third-order valence-corrected chi connectivity index (χ3v) is 4.07. The summed E-state index contributed by atoms with van der Waals surface area (Å²) in [5, 5.41) is 8.78. The average molecular weight is 298 g/mol. The Labute approximate surface area is 128 Å². The third-order valence-electron chi connectivity index (χ3n) is 3.45. The summed E-state index contributed by atoms with van der Waals surface area (Å²) in [6, 6.07) is 10.7. The Morgan fingerprint density at radius 2 is 1.90 bits per heavy atom. The predicted octanol–water partition coefficient (Wildman–Crippen LogP) is 3.44. The van der Waals surface area contributed by atoms with Crippen molar-refractivity contribution in [1.82, 2.24) is 14.8 Å². The Bertz CT molecular complexity index is 734. The molecular weight excluding hydrogens is 280 g/mol. The normalized spacial score (nSPS) is 11.0. The van der Waals surface area contributed by atoms with Crippen molar-refractivity contribution in [3.8, 4) is 0 Å². The summed E-state index contributed by atoms with van der Waals surface area (Å²) in [6.07, 6.45) is 5.79. The van der Waals surface area contributed by atoms with Gasteiger partial charge in [0.1, 0.15) is 0 Å². The lowest BCUT2D eigenvalue weighted by Gasteiger charge is -2.08. The van der Waals surface area contributed by atoms with E-state index in [2.05, 4.69) is 45.9 Å². The fourth-order valence-corrected chi connectivity index (χ4v) is 2.84. The molecule has 0 fully saturated rings. The van der Waals surface area contributed by atoms with Gasteiger partial charge in [-0.3, -0.25) is 4.68 Å². The van der Waals surface area contributed by atoms with Crippen LogP contribution in [-0.4, -0.2) is 21.0 Å². The van der Waals surface area contributed by atoms with Crippen LogP contribution in [0.2, 0.25) is 0 Å². The van der Waals surface area contributed by atoms with Crippen LogP contribution in [0.5, 0.6) is 0 Å². The Morgan fingerprint density at radius 1 is 1.14 bits per heavy atom. The monoisotopic (exact) mass is 298 g/mol. The number of thioether (sulfide) groups is 1. The van der Waals surface area contributed by atoms with Crippen molar-refractivity contribution in [2.75, 3.05) is 11.6 Å². The summed E-state index contributed by atoms with van der Waals surface area (Å²) >= 11 is 1.84. The summed E-state index contributed by atoms with van der Waals surface area (Å²) in [5.74, 6) is 1.06. The molecule has 0 atom stereocenters. The smallest absolute Gasteiger partial charge is 0.159 e. The highest BCUT2D eigenvalue weighted by atomic mass is 32.2. The van der Waals surface area contributed by atoms with Gasteiger partial charge < -0.3 is 5.32 Å². The van der Waals surface area contributed by atoms with Gasteiger partial charge in [0.15, 0.2) is 5.65 Å². The van der Waals surface area contributed by atoms with Gasteiger partial charge in [0.2, 0.25) is 0 Å². The van der Waals surface area contributed by atoms with Gasteiger partial charge in [-0.2, -0.15) is 16.9 Å². The standard InChI is InChI=1S/C16H18N4S/c1-20-16-14(10-19-20)15(7-8-17-16)18-9-12-3-5-13(6-4-12)11-21-2/h3-8,10H,9,11H2,1-2H3,(H,17,18). The minimum Gasteiger partial charge on any atom is -0.380 e. The highest BCUT2D eigenvalue weighted by Crippen LogP contribution is 2.21. The summed E-state index contributed by atoms with van der Waals surface area (Å²) in [6.45, 7) is 0.799. The van der Waals surface area contributed by atoms with Crippen LogP contribution < -0.4 is 5.32 Å². The predicted molar refractivity (Wildman–Crippen MR) is 89.5 cm³/mol. The van der Waals surface area contributed by atoms with Crippen LogP contribution in [0.25, 0.3) is 11.0 Å². The molecule has 21 heavy (non-hydrogen) atoms. The number of anilines is 1. The summed E-state index contributed by atoms with van der Waals surface area (Å²) in [4.78, 5) is 4.35. The highest BCUT2D eigenvalue weighted by molar-refractivity contribution is 7.97. The van der Waals surface area contributed by atoms with E-state index >= 15 is 0 Å². The quantitative estimate of drug-likeness (QED) is 0.783. The van der Waals surface area contributed by atoms with Gasteiger partial charge in [0.25, 0.3) is 0 Å². The van der Waals surface area contributed by atoms with E-state index in [1.807, 2.05) is 37.3 Å². The first kappa shape index (κ1) is 13.9. The SMILES string of the molecule is CSCc1ccc(CNc2ccnc3c2cnn3C)cc1. The number of nitrogens with zero attached hydrogens (tertiary/aromatic N) is 3. The molecule has 0 aliphatic carbocycles. The molecule has 108 valence electrons. The first-order chi connectivity index (χ1) is 10.3. The Kier molecular flexibility index (Phi) is 4.10. The van der Waals surface area contributed by atoms with Gasteiger partial charge in [0.05, 0.1) is 11.6 Å². The van der Waals surface area contributed by atoms with Gasteiger partial charge in [-0.05, 0) is 23.4 Å². The maximum absolute atomic E-state index is 4.35. The lowest BCUT2D eigenvalue weighted by molar-refractivity contribution is 0.786. The lowest BCUT2D eigenvalue weighted by atomic mass is 10.1. The topological polar surface area (TPSA) is 42.7 Å². The van der Waals surface area contributed by atoms with E-state index in [1.54, 1.807) is 4.68 Å². The molecule has 1 N–H and O–H groups in total. The van der Waals surface area contributed by atoms with E-state index < -0.39 is 0 Å².